The smallest absolute Gasteiger partial charge is 0.332 e. The van der Waals surface area contributed by atoms with Crippen molar-refractivity contribution in [1.82, 2.24) is 0 Å². The number of carboxylic acids is 1. The average molecular weight is 425 g/mol. The maximum atomic E-state index is 14.5. The van der Waals surface area contributed by atoms with Crippen LogP contribution in [0.4, 0.5) is 18.9 Å². The lowest BCUT2D eigenvalue weighted by Gasteiger charge is -2.14. The predicted octanol–water partition coefficient (Wildman–Crippen LogP) is 3.10. The van der Waals surface area contributed by atoms with Crippen LogP contribution in [0.25, 0.3) is 11.1 Å². The zero-order valence-corrected chi connectivity index (χ0v) is 15.0. The number of benzene rings is 2. The van der Waals surface area contributed by atoms with Crippen molar-refractivity contribution in [2.75, 3.05) is 5.32 Å². The van der Waals surface area contributed by atoms with Gasteiger partial charge in [0.1, 0.15) is 17.3 Å². The van der Waals surface area contributed by atoms with Crippen LogP contribution in [0.1, 0.15) is 19.3 Å². The van der Waals surface area contributed by atoms with Gasteiger partial charge >= 0.3 is 5.97 Å². The SMILES string of the molecule is O=C(O)C1=C(C(=O)Nc2c(F)cc(-c3c(O)c(O)c(O)c(F)c3O)cc2F)CCC1. The molecule has 158 valence electrons. The monoisotopic (exact) mass is 425 g/mol. The fourth-order valence-electron chi connectivity index (χ4n) is 3.20. The minimum atomic E-state index is -1.73. The van der Waals surface area contributed by atoms with Gasteiger partial charge in [-0.25, -0.2) is 13.6 Å². The number of carboxylic acid groups (broad SMARTS) is 1. The lowest BCUT2D eigenvalue weighted by atomic mass is 10.0. The van der Waals surface area contributed by atoms with E-state index in [0.717, 1.165) is 0 Å². The number of hydrogen-bond acceptors (Lipinski definition) is 6. The molecular formula is C19H14F3NO7. The van der Waals surface area contributed by atoms with Gasteiger partial charge in [0.05, 0.1) is 5.56 Å². The number of amides is 1. The van der Waals surface area contributed by atoms with E-state index in [0.29, 0.717) is 18.6 Å². The number of rotatable bonds is 4. The van der Waals surface area contributed by atoms with E-state index >= 15 is 0 Å². The van der Waals surface area contributed by atoms with E-state index in [1.54, 1.807) is 0 Å². The van der Waals surface area contributed by atoms with E-state index in [-0.39, 0.29) is 24.0 Å². The Hall–Kier alpha value is -3.89. The Bertz CT molecular complexity index is 1080. The number of carbonyl (C=O) groups excluding carboxylic acids is 1. The molecule has 1 aliphatic rings. The third-order valence-corrected chi connectivity index (χ3v) is 4.66. The predicted molar refractivity (Wildman–Crippen MR) is 95.6 cm³/mol. The Balaban J connectivity index is 2.03. The molecule has 0 aliphatic heterocycles. The second-order valence-corrected chi connectivity index (χ2v) is 6.47. The lowest BCUT2D eigenvalue weighted by Crippen LogP contribution is -2.18. The van der Waals surface area contributed by atoms with Gasteiger partial charge in [-0.1, -0.05) is 0 Å². The van der Waals surface area contributed by atoms with Crippen molar-refractivity contribution in [1.29, 1.82) is 0 Å². The first kappa shape index (κ1) is 20.8. The molecular weight excluding hydrogens is 411 g/mol. The summed E-state index contributed by atoms with van der Waals surface area (Å²) in [6, 6.07) is 1.06. The molecule has 0 saturated heterocycles. The van der Waals surface area contributed by atoms with Gasteiger partial charge in [-0.3, -0.25) is 4.79 Å². The maximum absolute atomic E-state index is 14.5. The summed E-state index contributed by atoms with van der Waals surface area (Å²) in [6.45, 7) is 0. The molecule has 0 radical (unpaired) electrons. The molecule has 0 bridgehead atoms. The van der Waals surface area contributed by atoms with Crippen molar-refractivity contribution in [2.45, 2.75) is 19.3 Å². The minimum Gasteiger partial charge on any atom is -0.504 e. The summed E-state index contributed by atoms with van der Waals surface area (Å²) >= 11 is 0. The van der Waals surface area contributed by atoms with Crippen molar-refractivity contribution >= 4 is 17.6 Å². The highest BCUT2D eigenvalue weighted by Crippen LogP contribution is 2.50. The van der Waals surface area contributed by atoms with Gasteiger partial charge < -0.3 is 30.8 Å². The summed E-state index contributed by atoms with van der Waals surface area (Å²) in [5, 5.41) is 49.4. The molecule has 6 N–H and O–H groups in total. The molecule has 0 atom stereocenters. The molecule has 1 amide bonds. The number of hydrogen-bond donors (Lipinski definition) is 6. The fraction of sp³-hybridized carbons (Fsp3) is 0.158. The molecule has 0 spiro atoms. The number of aliphatic carboxylic acids is 1. The van der Waals surface area contributed by atoms with Gasteiger partial charge in [-0.15, -0.1) is 0 Å². The van der Waals surface area contributed by atoms with Crippen molar-refractivity contribution in [2.24, 2.45) is 0 Å². The Morgan fingerprint density at radius 1 is 0.833 bits per heavy atom. The fourth-order valence-corrected chi connectivity index (χ4v) is 3.20. The van der Waals surface area contributed by atoms with Crippen LogP contribution < -0.4 is 5.32 Å². The summed E-state index contributed by atoms with van der Waals surface area (Å²) < 4.78 is 42.8. The van der Waals surface area contributed by atoms with Crippen LogP contribution in [-0.4, -0.2) is 37.4 Å². The number of halogens is 3. The molecule has 0 saturated carbocycles. The van der Waals surface area contributed by atoms with Crippen LogP contribution >= 0.6 is 0 Å². The van der Waals surface area contributed by atoms with Crippen molar-refractivity contribution < 1.29 is 48.3 Å². The van der Waals surface area contributed by atoms with Crippen molar-refractivity contribution in [3.63, 3.8) is 0 Å². The highest BCUT2D eigenvalue weighted by atomic mass is 19.1. The number of aromatic hydroxyl groups is 4. The first-order valence-electron chi connectivity index (χ1n) is 8.46. The van der Waals surface area contributed by atoms with Gasteiger partial charge in [0.15, 0.2) is 11.5 Å². The Morgan fingerprint density at radius 3 is 1.97 bits per heavy atom. The molecule has 2 aromatic rings. The van der Waals surface area contributed by atoms with E-state index < -0.39 is 69.1 Å². The topological polar surface area (TPSA) is 147 Å². The van der Waals surface area contributed by atoms with Crippen LogP contribution in [0.3, 0.4) is 0 Å². The highest BCUT2D eigenvalue weighted by molar-refractivity contribution is 6.09. The first-order chi connectivity index (χ1) is 14.0. The van der Waals surface area contributed by atoms with Gasteiger partial charge in [0.25, 0.3) is 5.91 Å². The summed E-state index contributed by atoms with van der Waals surface area (Å²) in [5.74, 6) is -12.2. The lowest BCUT2D eigenvalue weighted by molar-refractivity contribution is -0.133. The van der Waals surface area contributed by atoms with Gasteiger partial charge in [0, 0.05) is 11.1 Å². The molecule has 1 aliphatic carbocycles. The number of nitrogens with one attached hydrogen (secondary N) is 1. The Kier molecular flexibility index (Phi) is 5.21. The summed E-state index contributed by atoms with van der Waals surface area (Å²) in [4.78, 5) is 23.4. The second kappa shape index (κ2) is 7.50. The summed E-state index contributed by atoms with van der Waals surface area (Å²) in [7, 11) is 0. The number of phenolic OH excluding ortho intramolecular Hbond substituents is 4. The van der Waals surface area contributed by atoms with Gasteiger partial charge in [0.2, 0.25) is 17.3 Å². The zero-order valence-electron chi connectivity index (χ0n) is 15.0. The largest absolute Gasteiger partial charge is 0.504 e. The molecule has 0 fully saturated rings. The van der Waals surface area contributed by atoms with E-state index in [2.05, 4.69) is 0 Å². The highest BCUT2D eigenvalue weighted by Gasteiger charge is 2.28. The number of phenols is 4. The first-order valence-corrected chi connectivity index (χ1v) is 8.46. The summed E-state index contributed by atoms with van der Waals surface area (Å²) in [5.41, 5.74) is -2.72. The van der Waals surface area contributed by atoms with E-state index in [1.807, 2.05) is 5.32 Å². The number of carbonyl (C=O) groups is 2. The minimum absolute atomic E-state index is 0.114. The Morgan fingerprint density at radius 2 is 1.40 bits per heavy atom. The van der Waals surface area contributed by atoms with Gasteiger partial charge in [-0.05, 0) is 37.0 Å². The molecule has 11 heteroatoms. The van der Waals surface area contributed by atoms with Crippen LogP contribution in [0.5, 0.6) is 23.0 Å². The molecule has 30 heavy (non-hydrogen) atoms. The average Bonchev–Trinajstić information content (AvgIpc) is 3.18. The van der Waals surface area contributed by atoms with E-state index in [1.165, 1.54) is 0 Å². The van der Waals surface area contributed by atoms with Crippen LogP contribution in [0, 0.1) is 17.5 Å². The quantitative estimate of drug-likeness (QED) is 0.326. The van der Waals surface area contributed by atoms with Crippen molar-refractivity contribution in [3.05, 3.63) is 40.7 Å². The number of anilines is 1. The molecule has 0 unspecified atom stereocenters. The maximum Gasteiger partial charge on any atom is 0.332 e. The molecule has 2 aromatic carbocycles. The normalized spacial score (nSPS) is 13.6. The second-order valence-electron chi connectivity index (χ2n) is 6.47. The Labute approximate surface area is 166 Å². The molecule has 8 nitrogen and oxygen atoms in total. The van der Waals surface area contributed by atoms with E-state index in [9.17, 15) is 43.2 Å². The third-order valence-electron chi connectivity index (χ3n) is 4.66. The standard InChI is InChI=1S/C19H14F3NO7/c20-9-4-6(11-14(24)12(22)16(26)17(27)15(11)25)5-10(21)13(9)23-18(28)7-2-1-3-8(7)19(29)30/h4-5,24-27H,1-3H2,(H,23,28)(H,29,30). The van der Waals surface area contributed by atoms with E-state index in [4.69, 9.17) is 5.11 Å². The van der Waals surface area contributed by atoms with Crippen LogP contribution in [-0.2, 0) is 9.59 Å². The zero-order chi connectivity index (χ0) is 22.3. The third kappa shape index (κ3) is 3.34. The summed E-state index contributed by atoms with van der Waals surface area (Å²) in [6.07, 6.45) is 0.641. The molecule has 0 heterocycles. The van der Waals surface area contributed by atoms with Crippen molar-refractivity contribution in [3.8, 4) is 34.1 Å². The van der Waals surface area contributed by atoms with Crippen LogP contribution in [0.2, 0.25) is 0 Å². The molecule has 3 rings (SSSR count). The van der Waals surface area contributed by atoms with Crippen LogP contribution in [0.15, 0.2) is 23.3 Å². The van der Waals surface area contributed by atoms with Gasteiger partial charge in [-0.2, -0.15) is 4.39 Å². The molecule has 0 aromatic heterocycles.